The van der Waals surface area contributed by atoms with Gasteiger partial charge in [0, 0.05) is 19.3 Å². The lowest BCUT2D eigenvalue weighted by molar-refractivity contribution is -0.166. The third-order valence-electron chi connectivity index (χ3n) is 9.74. The fourth-order valence-electron chi connectivity index (χ4n) is 6.23. The molecule has 0 radical (unpaired) electrons. The number of carbonyl (C=O) groups excluding carboxylic acids is 3. The van der Waals surface area contributed by atoms with Crippen molar-refractivity contribution >= 4 is 17.9 Å². The molecule has 0 amide bonds. The van der Waals surface area contributed by atoms with Crippen LogP contribution < -0.4 is 0 Å². The number of ether oxygens (including phenoxy) is 3. The predicted molar refractivity (Wildman–Crippen MR) is 242 cm³/mol. The maximum Gasteiger partial charge on any atom is 0.306 e. The highest BCUT2D eigenvalue weighted by Gasteiger charge is 2.19. The van der Waals surface area contributed by atoms with Gasteiger partial charge in [0.05, 0.1) is 0 Å². The molecule has 6 heteroatoms. The van der Waals surface area contributed by atoms with Crippen LogP contribution in [0.25, 0.3) is 0 Å². The summed E-state index contributed by atoms with van der Waals surface area (Å²) in [5.74, 6) is -0.997. The third kappa shape index (κ3) is 43.8. The van der Waals surface area contributed by atoms with Crippen LogP contribution in [0.15, 0.2) is 72.9 Å². The molecule has 326 valence electrons. The Bertz CT molecular complexity index is 1100. The van der Waals surface area contributed by atoms with Crippen molar-refractivity contribution in [1.82, 2.24) is 0 Å². The van der Waals surface area contributed by atoms with Gasteiger partial charge in [-0.2, -0.15) is 0 Å². The fourth-order valence-corrected chi connectivity index (χ4v) is 6.23. The van der Waals surface area contributed by atoms with Crippen molar-refractivity contribution in [2.75, 3.05) is 13.2 Å². The Kier molecular flexibility index (Phi) is 43.0. The summed E-state index contributed by atoms with van der Waals surface area (Å²) in [6, 6.07) is 0. The van der Waals surface area contributed by atoms with Gasteiger partial charge in [0.2, 0.25) is 0 Å². The molecule has 0 N–H and O–H groups in total. The van der Waals surface area contributed by atoms with Crippen molar-refractivity contribution in [1.29, 1.82) is 0 Å². The van der Waals surface area contributed by atoms with Gasteiger partial charge >= 0.3 is 17.9 Å². The summed E-state index contributed by atoms with van der Waals surface area (Å²) in [6.45, 7) is 6.39. The van der Waals surface area contributed by atoms with Gasteiger partial charge in [-0.25, -0.2) is 0 Å². The molecule has 0 aliphatic rings. The minimum Gasteiger partial charge on any atom is -0.462 e. The maximum atomic E-state index is 12.7. The molecule has 0 spiro atoms. The molecule has 0 aliphatic carbocycles. The van der Waals surface area contributed by atoms with Crippen molar-refractivity contribution in [3.8, 4) is 0 Å². The zero-order valence-electron chi connectivity index (χ0n) is 37.1. The first-order valence-corrected chi connectivity index (χ1v) is 23.4. The van der Waals surface area contributed by atoms with Gasteiger partial charge in [-0.3, -0.25) is 14.4 Å². The molecule has 0 aromatic heterocycles. The van der Waals surface area contributed by atoms with Crippen molar-refractivity contribution < 1.29 is 28.6 Å². The molecule has 57 heavy (non-hydrogen) atoms. The van der Waals surface area contributed by atoms with Crippen LogP contribution in [0.3, 0.4) is 0 Å². The second kappa shape index (κ2) is 45.6. The second-order valence-corrected chi connectivity index (χ2v) is 15.3. The first-order valence-electron chi connectivity index (χ1n) is 23.4. The van der Waals surface area contributed by atoms with E-state index in [-0.39, 0.29) is 37.5 Å². The largest absolute Gasteiger partial charge is 0.462 e. The highest BCUT2D eigenvalue weighted by molar-refractivity contribution is 5.71. The van der Waals surface area contributed by atoms with Crippen LogP contribution in [0, 0.1) is 0 Å². The van der Waals surface area contributed by atoms with Gasteiger partial charge in [-0.05, 0) is 57.8 Å². The molecule has 6 nitrogen and oxygen atoms in total. The van der Waals surface area contributed by atoms with E-state index in [1.54, 1.807) is 0 Å². The smallest absolute Gasteiger partial charge is 0.306 e. The molecule has 0 bridgehead atoms. The zero-order chi connectivity index (χ0) is 41.5. The fraction of sp³-hybridized carbons (Fsp3) is 0.706. The van der Waals surface area contributed by atoms with Crippen molar-refractivity contribution in [2.24, 2.45) is 0 Å². The van der Waals surface area contributed by atoms with E-state index in [9.17, 15) is 14.4 Å². The summed E-state index contributed by atoms with van der Waals surface area (Å²) in [5.41, 5.74) is 0. The Balaban J connectivity index is 4.38. The molecule has 1 atom stereocenters. The molecular weight excluding hydrogens is 709 g/mol. The number of rotatable bonds is 41. The monoisotopic (exact) mass is 795 g/mol. The Morgan fingerprint density at radius 1 is 0.368 bits per heavy atom. The molecule has 0 fully saturated rings. The van der Waals surface area contributed by atoms with Crippen LogP contribution in [0.2, 0.25) is 0 Å². The summed E-state index contributed by atoms with van der Waals surface area (Å²) in [6.07, 6.45) is 56.3. The predicted octanol–water partition coefficient (Wildman–Crippen LogP) is 15.1. The van der Waals surface area contributed by atoms with E-state index in [2.05, 4.69) is 81.5 Å². The number of carbonyl (C=O) groups is 3. The number of unbranched alkanes of at least 4 members (excludes halogenated alkanes) is 18. The standard InChI is InChI=1S/C51H86O6/c1-4-7-10-13-16-18-20-22-24-25-26-27-28-30-31-33-35-38-41-44-50(53)56-47-48(46-55-49(52)43-40-37-15-12-9-6-3)57-51(54)45-42-39-36-34-32-29-23-21-19-17-14-11-8-5-2/h7,10,16,18,22,24,26-27,30-31,35,38,48H,4-6,8-9,11-15,17,19-21,23,25,28-29,32-34,36-37,39-47H2,1-3H3/b10-7-,18-16-,24-22-,27-26-,31-30-,38-35-. The summed E-state index contributed by atoms with van der Waals surface area (Å²) in [5, 5.41) is 0. The maximum absolute atomic E-state index is 12.7. The van der Waals surface area contributed by atoms with Crippen molar-refractivity contribution in [3.63, 3.8) is 0 Å². The first kappa shape index (κ1) is 53.9. The topological polar surface area (TPSA) is 78.9 Å². The second-order valence-electron chi connectivity index (χ2n) is 15.3. The van der Waals surface area contributed by atoms with Crippen LogP contribution in [0.5, 0.6) is 0 Å². The van der Waals surface area contributed by atoms with Gasteiger partial charge in [0.1, 0.15) is 13.2 Å². The highest BCUT2D eigenvalue weighted by atomic mass is 16.6. The van der Waals surface area contributed by atoms with Crippen LogP contribution in [-0.4, -0.2) is 37.2 Å². The SMILES string of the molecule is CC/C=C\C/C=C\C/C=C\C/C=C\C/C=C\C/C=C\CCC(=O)OCC(COC(=O)CCCCCCCC)OC(=O)CCCCCCCCCCCCCCCC. The highest BCUT2D eigenvalue weighted by Crippen LogP contribution is 2.14. The summed E-state index contributed by atoms with van der Waals surface area (Å²) >= 11 is 0. The lowest BCUT2D eigenvalue weighted by Crippen LogP contribution is -2.30. The summed E-state index contributed by atoms with van der Waals surface area (Å²) in [4.78, 5) is 37.6. The molecular formula is C51H86O6. The van der Waals surface area contributed by atoms with E-state index in [1.807, 2.05) is 12.2 Å². The number of hydrogen-bond acceptors (Lipinski definition) is 6. The molecule has 1 unspecified atom stereocenters. The molecule has 0 saturated carbocycles. The minimum atomic E-state index is -0.799. The molecule has 0 rings (SSSR count). The van der Waals surface area contributed by atoms with Gasteiger partial charge < -0.3 is 14.2 Å². The molecule has 0 aromatic carbocycles. The quantitative estimate of drug-likeness (QED) is 0.0265. The Morgan fingerprint density at radius 3 is 1.07 bits per heavy atom. The van der Waals surface area contributed by atoms with E-state index in [1.165, 1.54) is 89.9 Å². The van der Waals surface area contributed by atoms with Gasteiger partial charge in [0.25, 0.3) is 0 Å². The lowest BCUT2D eigenvalue weighted by Gasteiger charge is -2.18. The molecule has 0 aromatic rings. The molecule has 0 aliphatic heterocycles. The van der Waals surface area contributed by atoms with Crippen LogP contribution in [-0.2, 0) is 28.6 Å². The molecule has 0 saturated heterocycles. The van der Waals surface area contributed by atoms with Gasteiger partial charge in [-0.15, -0.1) is 0 Å². The lowest BCUT2D eigenvalue weighted by atomic mass is 10.0. The van der Waals surface area contributed by atoms with E-state index < -0.39 is 6.10 Å². The van der Waals surface area contributed by atoms with Crippen LogP contribution >= 0.6 is 0 Å². The summed E-state index contributed by atoms with van der Waals surface area (Å²) < 4.78 is 16.6. The van der Waals surface area contributed by atoms with Gasteiger partial charge in [-0.1, -0.05) is 209 Å². The number of esters is 3. The summed E-state index contributed by atoms with van der Waals surface area (Å²) in [7, 11) is 0. The van der Waals surface area contributed by atoms with Crippen molar-refractivity contribution in [3.05, 3.63) is 72.9 Å². The average molecular weight is 795 g/mol. The number of allylic oxidation sites excluding steroid dienone is 12. The Labute approximate surface area is 351 Å². The Hall–Kier alpha value is -3.15. The van der Waals surface area contributed by atoms with E-state index >= 15 is 0 Å². The zero-order valence-corrected chi connectivity index (χ0v) is 37.1. The van der Waals surface area contributed by atoms with E-state index in [0.29, 0.717) is 19.3 Å². The molecule has 0 heterocycles. The third-order valence-corrected chi connectivity index (χ3v) is 9.74. The van der Waals surface area contributed by atoms with Crippen LogP contribution in [0.4, 0.5) is 0 Å². The van der Waals surface area contributed by atoms with Crippen molar-refractivity contribution in [2.45, 2.75) is 219 Å². The van der Waals surface area contributed by atoms with Crippen LogP contribution in [0.1, 0.15) is 213 Å². The first-order chi connectivity index (χ1) is 28.0. The normalized spacial score (nSPS) is 12.7. The minimum absolute atomic E-state index is 0.0976. The van der Waals surface area contributed by atoms with E-state index in [0.717, 1.165) is 77.0 Å². The number of hydrogen-bond donors (Lipinski definition) is 0. The van der Waals surface area contributed by atoms with Gasteiger partial charge in [0.15, 0.2) is 6.10 Å². The Morgan fingerprint density at radius 2 is 0.684 bits per heavy atom. The van der Waals surface area contributed by atoms with E-state index in [4.69, 9.17) is 14.2 Å². The average Bonchev–Trinajstić information content (AvgIpc) is 3.21.